The molecule has 0 unspecified atom stereocenters. The van der Waals surface area contributed by atoms with E-state index in [-0.39, 0.29) is 5.97 Å². The highest BCUT2D eigenvalue weighted by Gasteiger charge is 2.20. The molecule has 0 fully saturated rings. The Morgan fingerprint density at radius 2 is 2.12 bits per heavy atom. The fourth-order valence-electron chi connectivity index (χ4n) is 2.01. The molecule has 0 aromatic carbocycles. The molecule has 1 aromatic rings. The minimum absolute atomic E-state index is 0.214. The zero-order chi connectivity index (χ0) is 11.8. The molecule has 2 heterocycles. The average molecular weight is 221 g/mol. The maximum Gasteiger partial charge on any atom is 0.340 e. The predicted octanol–water partition coefficient (Wildman–Crippen LogP) is 2.78. The summed E-state index contributed by atoms with van der Waals surface area (Å²) in [6.45, 7) is 6.70. The maximum absolute atomic E-state index is 11.8. The molecule has 0 saturated carbocycles. The zero-order valence-corrected chi connectivity index (χ0v) is 10.2. The summed E-state index contributed by atoms with van der Waals surface area (Å²) in [5, 5.41) is 0. The van der Waals surface area contributed by atoms with Crippen LogP contribution in [0.4, 0.5) is 0 Å². The van der Waals surface area contributed by atoms with Crippen molar-refractivity contribution in [3.8, 4) is 0 Å². The van der Waals surface area contributed by atoms with Crippen LogP contribution in [0.5, 0.6) is 0 Å². The first-order valence-corrected chi connectivity index (χ1v) is 5.88. The van der Waals surface area contributed by atoms with Gasteiger partial charge in [-0.25, -0.2) is 4.79 Å². The molecular formula is C13H19NO2. The summed E-state index contributed by atoms with van der Waals surface area (Å²) in [7, 11) is 0. The number of rotatable bonds is 1. The second kappa shape index (κ2) is 3.96. The topological polar surface area (TPSA) is 31.2 Å². The van der Waals surface area contributed by atoms with Gasteiger partial charge in [-0.2, -0.15) is 0 Å². The molecule has 1 aromatic heterocycles. The number of carbonyl (C=O) groups excluding carboxylic acids is 1. The first-order chi connectivity index (χ1) is 7.46. The highest BCUT2D eigenvalue weighted by molar-refractivity contribution is 5.89. The fraction of sp³-hybridized carbons (Fsp3) is 0.615. The number of fused-ring (bicyclic) bond motifs is 1. The molecule has 16 heavy (non-hydrogen) atoms. The van der Waals surface area contributed by atoms with Crippen molar-refractivity contribution < 1.29 is 9.53 Å². The summed E-state index contributed by atoms with van der Waals surface area (Å²) in [5.74, 6) is -0.214. The third-order valence-corrected chi connectivity index (χ3v) is 2.70. The standard InChI is InChI=1S/C13H19NO2/c1-13(2,3)16-12(15)10-8-11-6-4-5-7-14(11)9-10/h8-9H,4-7H2,1-3H3. The Kier molecular flexibility index (Phi) is 2.78. The normalized spacial score (nSPS) is 15.7. The largest absolute Gasteiger partial charge is 0.456 e. The maximum atomic E-state index is 11.8. The molecule has 88 valence electrons. The van der Waals surface area contributed by atoms with Gasteiger partial charge in [0.1, 0.15) is 5.60 Å². The van der Waals surface area contributed by atoms with Crippen LogP contribution in [0.2, 0.25) is 0 Å². The summed E-state index contributed by atoms with van der Waals surface area (Å²) in [4.78, 5) is 11.8. The van der Waals surface area contributed by atoms with Crippen molar-refractivity contribution in [3.63, 3.8) is 0 Å². The molecule has 0 saturated heterocycles. The van der Waals surface area contributed by atoms with Crippen molar-refractivity contribution >= 4 is 5.97 Å². The summed E-state index contributed by atoms with van der Waals surface area (Å²) in [6.07, 6.45) is 5.42. The van der Waals surface area contributed by atoms with Gasteiger partial charge < -0.3 is 9.30 Å². The lowest BCUT2D eigenvalue weighted by Crippen LogP contribution is -2.23. The Hall–Kier alpha value is -1.25. The van der Waals surface area contributed by atoms with Crippen molar-refractivity contribution in [3.05, 3.63) is 23.5 Å². The van der Waals surface area contributed by atoms with Crippen molar-refractivity contribution in [1.82, 2.24) is 4.57 Å². The molecule has 0 aliphatic carbocycles. The molecule has 1 aliphatic heterocycles. The summed E-state index contributed by atoms with van der Waals surface area (Å²) >= 11 is 0. The number of carbonyl (C=O) groups is 1. The lowest BCUT2D eigenvalue weighted by Gasteiger charge is -2.18. The van der Waals surface area contributed by atoms with Gasteiger partial charge in [0, 0.05) is 18.4 Å². The zero-order valence-electron chi connectivity index (χ0n) is 10.2. The third-order valence-electron chi connectivity index (χ3n) is 2.70. The van der Waals surface area contributed by atoms with Crippen LogP contribution in [0.3, 0.4) is 0 Å². The molecule has 0 bridgehead atoms. The van der Waals surface area contributed by atoms with Crippen LogP contribution in [-0.2, 0) is 17.7 Å². The first kappa shape index (κ1) is 11.2. The van der Waals surface area contributed by atoms with Gasteiger partial charge in [0.25, 0.3) is 0 Å². The Morgan fingerprint density at radius 1 is 1.38 bits per heavy atom. The minimum Gasteiger partial charge on any atom is -0.456 e. The van der Waals surface area contributed by atoms with Gasteiger partial charge >= 0.3 is 5.97 Å². The molecule has 0 amide bonds. The second-order valence-corrected chi connectivity index (χ2v) is 5.37. The van der Waals surface area contributed by atoms with Crippen LogP contribution in [0, 0.1) is 0 Å². The minimum atomic E-state index is -0.417. The lowest BCUT2D eigenvalue weighted by molar-refractivity contribution is 0.00695. The van der Waals surface area contributed by atoms with E-state index in [0.29, 0.717) is 5.56 Å². The van der Waals surface area contributed by atoms with E-state index in [1.165, 1.54) is 18.5 Å². The van der Waals surface area contributed by atoms with Crippen LogP contribution in [0.15, 0.2) is 12.3 Å². The van der Waals surface area contributed by atoms with Crippen molar-refractivity contribution in [2.75, 3.05) is 0 Å². The quantitative estimate of drug-likeness (QED) is 0.683. The lowest BCUT2D eigenvalue weighted by atomic mass is 10.1. The smallest absolute Gasteiger partial charge is 0.340 e. The Labute approximate surface area is 96.4 Å². The molecule has 0 spiro atoms. The number of aromatic nitrogens is 1. The summed E-state index contributed by atoms with van der Waals surface area (Å²) in [5.41, 5.74) is 1.53. The Morgan fingerprint density at radius 3 is 2.75 bits per heavy atom. The van der Waals surface area contributed by atoms with Crippen LogP contribution in [-0.4, -0.2) is 16.1 Å². The van der Waals surface area contributed by atoms with Crippen molar-refractivity contribution in [2.24, 2.45) is 0 Å². The Balaban J connectivity index is 2.15. The number of hydrogen-bond acceptors (Lipinski definition) is 2. The molecule has 3 heteroatoms. The molecule has 0 radical (unpaired) electrons. The number of ether oxygens (including phenoxy) is 1. The van der Waals surface area contributed by atoms with E-state index in [2.05, 4.69) is 4.57 Å². The van der Waals surface area contributed by atoms with Crippen LogP contribution in [0.1, 0.15) is 49.7 Å². The number of hydrogen-bond donors (Lipinski definition) is 0. The van der Waals surface area contributed by atoms with E-state index >= 15 is 0 Å². The molecule has 0 N–H and O–H groups in total. The molecule has 1 aliphatic rings. The molecule has 2 rings (SSSR count). The van der Waals surface area contributed by atoms with Crippen LogP contribution < -0.4 is 0 Å². The Bertz CT molecular complexity index is 375. The summed E-state index contributed by atoms with van der Waals surface area (Å²) in [6, 6.07) is 1.97. The van der Waals surface area contributed by atoms with Gasteiger partial charge in [-0.3, -0.25) is 0 Å². The fourth-order valence-corrected chi connectivity index (χ4v) is 2.01. The van der Waals surface area contributed by atoms with E-state index in [1.54, 1.807) is 0 Å². The highest BCUT2D eigenvalue weighted by atomic mass is 16.6. The number of nitrogens with zero attached hydrogens (tertiary/aromatic N) is 1. The van der Waals surface area contributed by atoms with E-state index < -0.39 is 5.60 Å². The van der Waals surface area contributed by atoms with E-state index in [0.717, 1.165) is 13.0 Å². The second-order valence-electron chi connectivity index (χ2n) is 5.37. The van der Waals surface area contributed by atoms with Crippen LogP contribution in [0.25, 0.3) is 0 Å². The van der Waals surface area contributed by atoms with E-state index in [1.807, 2.05) is 33.0 Å². The van der Waals surface area contributed by atoms with Gasteiger partial charge in [-0.05, 0) is 46.1 Å². The number of aryl methyl sites for hydroxylation is 2. The number of esters is 1. The van der Waals surface area contributed by atoms with Crippen molar-refractivity contribution in [1.29, 1.82) is 0 Å². The van der Waals surface area contributed by atoms with E-state index in [4.69, 9.17) is 4.74 Å². The third kappa shape index (κ3) is 2.46. The molecule has 3 nitrogen and oxygen atoms in total. The molecular weight excluding hydrogens is 202 g/mol. The monoisotopic (exact) mass is 221 g/mol. The van der Waals surface area contributed by atoms with Crippen molar-refractivity contribution in [2.45, 2.75) is 52.2 Å². The summed E-state index contributed by atoms with van der Waals surface area (Å²) < 4.78 is 7.52. The SMILES string of the molecule is CC(C)(C)OC(=O)c1cc2n(c1)CCCC2. The highest BCUT2D eigenvalue weighted by Crippen LogP contribution is 2.20. The first-order valence-electron chi connectivity index (χ1n) is 5.88. The molecule has 0 atom stereocenters. The van der Waals surface area contributed by atoms with Gasteiger partial charge in [0.2, 0.25) is 0 Å². The average Bonchev–Trinajstić information content (AvgIpc) is 2.58. The predicted molar refractivity (Wildman–Crippen MR) is 62.5 cm³/mol. The van der Waals surface area contributed by atoms with Gasteiger partial charge in [0.05, 0.1) is 5.56 Å². The van der Waals surface area contributed by atoms with Gasteiger partial charge in [-0.15, -0.1) is 0 Å². The van der Waals surface area contributed by atoms with Gasteiger partial charge in [0.15, 0.2) is 0 Å². The van der Waals surface area contributed by atoms with Crippen LogP contribution >= 0.6 is 0 Å². The van der Waals surface area contributed by atoms with E-state index in [9.17, 15) is 4.79 Å². The van der Waals surface area contributed by atoms with Gasteiger partial charge in [-0.1, -0.05) is 0 Å².